The summed E-state index contributed by atoms with van der Waals surface area (Å²) in [4.78, 5) is 11.9. The maximum absolute atomic E-state index is 11.9. The van der Waals surface area contributed by atoms with Crippen LogP contribution in [-0.4, -0.2) is 19.1 Å². The number of thiophene rings is 1. The summed E-state index contributed by atoms with van der Waals surface area (Å²) in [6, 6.07) is 7.50. The van der Waals surface area contributed by atoms with Crippen LogP contribution in [0, 0.1) is 0 Å². The first kappa shape index (κ1) is 13.0. The molecule has 0 saturated carbocycles. The van der Waals surface area contributed by atoms with Crippen LogP contribution >= 0.6 is 11.3 Å². The Kier molecular flexibility index (Phi) is 3.87. The van der Waals surface area contributed by atoms with Crippen LogP contribution in [0.1, 0.15) is 12.0 Å². The zero-order chi connectivity index (χ0) is 13.8. The van der Waals surface area contributed by atoms with Gasteiger partial charge in [-0.05, 0) is 40.9 Å². The molecule has 0 bridgehead atoms. The van der Waals surface area contributed by atoms with Crippen molar-refractivity contribution in [2.75, 3.05) is 18.5 Å². The molecule has 1 N–H and O–H groups in total. The molecule has 1 amide bonds. The molecule has 3 rings (SSSR count). The van der Waals surface area contributed by atoms with E-state index in [2.05, 4.69) is 10.7 Å². The monoisotopic (exact) mass is 289 g/mol. The molecule has 0 saturated heterocycles. The van der Waals surface area contributed by atoms with Gasteiger partial charge < -0.3 is 14.8 Å². The second kappa shape index (κ2) is 5.96. The Balaban J connectivity index is 1.58. The summed E-state index contributed by atoms with van der Waals surface area (Å²) in [6.45, 7) is 1.11. The number of ether oxygens (including phenoxy) is 2. The van der Waals surface area contributed by atoms with E-state index in [1.807, 2.05) is 23.6 Å². The standard InChI is InChI=1S/C15H15NO3S/c17-15(4-1-11-5-8-20-10-11)16-12-2-3-13-14(9-12)19-7-6-18-13/h2-3,5,8-10H,1,4,6-7H2,(H,16,17). The van der Waals surface area contributed by atoms with Gasteiger partial charge in [0.1, 0.15) is 13.2 Å². The number of anilines is 1. The average molecular weight is 289 g/mol. The Morgan fingerprint density at radius 1 is 1.20 bits per heavy atom. The zero-order valence-corrected chi connectivity index (χ0v) is 11.7. The van der Waals surface area contributed by atoms with Crippen molar-refractivity contribution in [2.24, 2.45) is 0 Å². The first-order valence-corrected chi connectivity index (χ1v) is 7.46. The van der Waals surface area contributed by atoms with E-state index in [0.717, 1.165) is 17.9 Å². The number of nitrogens with one attached hydrogen (secondary N) is 1. The van der Waals surface area contributed by atoms with Crippen molar-refractivity contribution in [1.82, 2.24) is 0 Å². The van der Waals surface area contributed by atoms with Crippen molar-refractivity contribution in [3.8, 4) is 11.5 Å². The molecular formula is C15H15NO3S. The van der Waals surface area contributed by atoms with Crippen LogP contribution in [0.4, 0.5) is 5.69 Å². The van der Waals surface area contributed by atoms with Crippen molar-refractivity contribution < 1.29 is 14.3 Å². The minimum atomic E-state index is 0.00729. The smallest absolute Gasteiger partial charge is 0.224 e. The zero-order valence-electron chi connectivity index (χ0n) is 10.9. The van der Waals surface area contributed by atoms with Crippen LogP contribution in [0.5, 0.6) is 11.5 Å². The molecule has 0 atom stereocenters. The first-order chi connectivity index (χ1) is 9.81. The van der Waals surface area contributed by atoms with Gasteiger partial charge in [-0.25, -0.2) is 0 Å². The minimum absolute atomic E-state index is 0.00729. The van der Waals surface area contributed by atoms with E-state index in [4.69, 9.17) is 9.47 Å². The Morgan fingerprint density at radius 3 is 2.85 bits per heavy atom. The molecule has 20 heavy (non-hydrogen) atoms. The molecule has 1 aromatic carbocycles. The molecule has 0 radical (unpaired) electrons. The van der Waals surface area contributed by atoms with Crippen LogP contribution in [0.25, 0.3) is 0 Å². The topological polar surface area (TPSA) is 47.6 Å². The summed E-state index contributed by atoms with van der Waals surface area (Å²) in [6.07, 6.45) is 1.24. The van der Waals surface area contributed by atoms with Crippen molar-refractivity contribution >= 4 is 22.9 Å². The van der Waals surface area contributed by atoms with Gasteiger partial charge in [0.2, 0.25) is 5.91 Å². The first-order valence-electron chi connectivity index (χ1n) is 6.52. The number of carbonyl (C=O) groups is 1. The predicted molar refractivity (Wildman–Crippen MR) is 78.7 cm³/mol. The third-order valence-electron chi connectivity index (χ3n) is 3.05. The molecule has 1 aliphatic heterocycles. The number of benzene rings is 1. The highest BCUT2D eigenvalue weighted by Gasteiger charge is 2.12. The van der Waals surface area contributed by atoms with Crippen molar-refractivity contribution in [3.63, 3.8) is 0 Å². The van der Waals surface area contributed by atoms with Crippen LogP contribution in [0.2, 0.25) is 0 Å². The molecule has 0 spiro atoms. The Morgan fingerprint density at radius 2 is 2.05 bits per heavy atom. The molecule has 0 fully saturated rings. The molecule has 1 aromatic heterocycles. The van der Waals surface area contributed by atoms with Crippen molar-refractivity contribution in [2.45, 2.75) is 12.8 Å². The summed E-state index contributed by atoms with van der Waals surface area (Å²) >= 11 is 1.65. The number of fused-ring (bicyclic) bond motifs is 1. The van der Waals surface area contributed by atoms with Gasteiger partial charge in [0.15, 0.2) is 11.5 Å². The van der Waals surface area contributed by atoms with Gasteiger partial charge in [-0.1, -0.05) is 0 Å². The minimum Gasteiger partial charge on any atom is -0.486 e. The SMILES string of the molecule is O=C(CCc1ccsc1)Nc1ccc2c(c1)OCCO2. The van der Waals surface area contributed by atoms with Gasteiger partial charge in [0.05, 0.1) is 0 Å². The molecular weight excluding hydrogens is 274 g/mol. The molecule has 1 aliphatic rings. The summed E-state index contributed by atoms with van der Waals surface area (Å²) < 4.78 is 10.9. The summed E-state index contributed by atoms with van der Waals surface area (Å²) in [5.41, 5.74) is 1.94. The summed E-state index contributed by atoms with van der Waals surface area (Å²) in [5, 5.41) is 6.97. The molecule has 0 aliphatic carbocycles. The van der Waals surface area contributed by atoms with Gasteiger partial charge in [-0.2, -0.15) is 11.3 Å². The second-order valence-corrected chi connectivity index (χ2v) is 5.32. The van der Waals surface area contributed by atoms with E-state index in [1.54, 1.807) is 17.4 Å². The number of rotatable bonds is 4. The van der Waals surface area contributed by atoms with E-state index in [-0.39, 0.29) is 5.91 Å². The van der Waals surface area contributed by atoms with Crippen LogP contribution in [-0.2, 0) is 11.2 Å². The highest BCUT2D eigenvalue weighted by molar-refractivity contribution is 7.07. The number of aryl methyl sites for hydroxylation is 1. The van der Waals surface area contributed by atoms with Gasteiger partial charge in [-0.15, -0.1) is 0 Å². The number of carbonyl (C=O) groups excluding carboxylic acids is 1. The van der Waals surface area contributed by atoms with Gasteiger partial charge in [0.25, 0.3) is 0 Å². The van der Waals surface area contributed by atoms with Gasteiger partial charge in [0, 0.05) is 18.2 Å². The van der Waals surface area contributed by atoms with E-state index in [9.17, 15) is 4.79 Å². The summed E-state index contributed by atoms with van der Waals surface area (Å²) in [5.74, 6) is 1.42. The average Bonchev–Trinajstić information content (AvgIpc) is 2.98. The third kappa shape index (κ3) is 3.11. The lowest BCUT2D eigenvalue weighted by Gasteiger charge is -2.19. The van der Waals surface area contributed by atoms with Crippen LogP contribution in [0.15, 0.2) is 35.0 Å². The molecule has 104 valence electrons. The lowest BCUT2D eigenvalue weighted by molar-refractivity contribution is -0.116. The Bertz CT molecular complexity index is 595. The van der Waals surface area contributed by atoms with Crippen LogP contribution < -0.4 is 14.8 Å². The second-order valence-electron chi connectivity index (χ2n) is 4.54. The predicted octanol–water partition coefficient (Wildman–Crippen LogP) is 3.09. The quantitative estimate of drug-likeness (QED) is 0.941. The summed E-state index contributed by atoms with van der Waals surface area (Å²) in [7, 11) is 0. The number of hydrogen-bond acceptors (Lipinski definition) is 4. The largest absolute Gasteiger partial charge is 0.486 e. The molecule has 2 heterocycles. The van der Waals surface area contributed by atoms with E-state index in [1.165, 1.54) is 5.56 Å². The molecule has 0 unspecified atom stereocenters. The van der Waals surface area contributed by atoms with Gasteiger partial charge in [-0.3, -0.25) is 4.79 Å². The molecule has 5 heteroatoms. The fraction of sp³-hybridized carbons (Fsp3) is 0.267. The van der Waals surface area contributed by atoms with Crippen molar-refractivity contribution in [3.05, 3.63) is 40.6 Å². The van der Waals surface area contributed by atoms with E-state index in [0.29, 0.717) is 25.4 Å². The van der Waals surface area contributed by atoms with Crippen molar-refractivity contribution in [1.29, 1.82) is 0 Å². The van der Waals surface area contributed by atoms with Gasteiger partial charge >= 0.3 is 0 Å². The third-order valence-corrected chi connectivity index (χ3v) is 3.78. The maximum Gasteiger partial charge on any atom is 0.224 e. The van der Waals surface area contributed by atoms with E-state index < -0.39 is 0 Å². The number of amides is 1. The normalized spacial score (nSPS) is 13.0. The fourth-order valence-corrected chi connectivity index (χ4v) is 2.74. The highest BCUT2D eigenvalue weighted by Crippen LogP contribution is 2.32. The lowest BCUT2D eigenvalue weighted by atomic mass is 10.2. The molecule has 4 nitrogen and oxygen atoms in total. The fourth-order valence-electron chi connectivity index (χ4n) is 2.04. The maximum atomic E-state index is 11.9. The van der Waals surface area contributed by atoms with Crippen LogP contribution in [0.3, 0.4) is 0 Å². The Labute approximate surface area is 121 Å². The van der Waals surface area contributed by atoms with E-state index >= 15 is 0 Å². The lowest BCUT2D eigenvalue weighted by Crippen LogP contribution is -2.16. The molecule has 2 aromatic rings. The number of hydrogen-bond donors (Lipinski definition) is 1. The Hall–Kier alpha value is -2.01. The highest BCUT2D eigenvalue weighted by atomic mass is 32.1.